The minimum Gasteiger partial charge on any atom is -0.464 e. The molecule has 7 aromatic rings. The fourth-order valence-corrected chi connectivity index (χ4v) is 7.46. The molecule has 2 N–H and O–H groups in total. The molecule has 1 aliphatic rings. The van der Waals surface area contributed by atoms with Gasteiger partial charge in [0, 0.05) is 79.2 Å². The van der Waals surface area contributed by atoms with Crippen LogP contribution < -0.4 is 21.9 Å². The van der Waals surface area contributed by atoms with Crippen molar-refractivity contribution in [3.63, 3.8) is 0 Å². The molecule has 0 spiro atoms. The zero-order chi connectivity index (χ0) is 39.4. The summed E-state index contributed by atoms with van der Waals surface area (Å²) in [6, 6.07) is 14.5. The van der Waals surface area contributed by atoms with Crippen LogP contribution in [0.5, 0.6) is 0 Å². The maximum Gasteiger partial charge on any atom is 0.328 e. The number of hydrogen-bond acceptors (Lipinski definition) is 8. The van der Waals surface area contributed by atoms with Gasteiger partial charge in [0.2, 0.25) is 11.8 Å². The number of aryl methyl sites for hydroxylation is 3. The molecule has 56 heavy (non-hydrogen) atoms. The molecule has 5 aromatic heterocycles. The number of carbonyl (C=O) groups is 3. The van der Waals surface area contributed by atoms with Gasteiger partial charge in [0.1, 0.15) is 11.3 Å². The SMILES string of the molecule is CC(C)c1cc(-c2cn(C)c(=O)c3cc(-c4ccc(C(=O)NCC#Cc5ccc6occ(C7CCC(=O)NC7=O)c6c5)nc4)ncc23)cc2c1n(C)c(=O)n2C. The van der Waals surface area contributed by atoms with Crippen LogP contribution in [0.1, 0.15) is 65.7 Å². The normalized spacial score (nSPS) is 14.4. The smallest absolute Gasteiger partial charge is 0.328 e. The lowest BCUT2D eigenvalue weighted by Crippen LogP contribution is -2.39. The summed E-state index contributed by atoms with van der Waals surface area (Å²) in [5.74, 6) is 4.63. The van der Waals surface area contributed by atoms with Crippen LogP contribution in [-0.2, 0) is 30.7 Å². The van der Waals surface area contributed by atoms with E-state index in [9.17, 15) is 24.0 Å². The number of aromatic nitrogens is 5. The van der Waals surface area contributed by atoms with Crippen LogP contribution in [0.4, 0.5) is 0 Å². The number of nitrogens with zero attached hydrogens (tertiary/aromatic N) is 5. The second kappa shape index (κ2) is 14.0. The molecule has 8 rings (SSSR count). The number of piperidine rings is 1. The van der Waals surface area contributed by atoms with Gasteiger partial charge in [-0.2, -0.15) is 0 Å². The fraction of sp³-hybridized carbons (Fsp3) is 0.233. The maximum absolute atomic E-state index is 13.5. The minimum absolute atomic E-state index is 0.0652. The summed E-state index contributed by atoms with van der Waals surface area (Å²) >= 11 is 0. The molecule has 13 nitrogen and oxygen atoms in total. The van der Waals surface area contributed by atoms with Crippen LogP contribution in [0.2, 0.25) is 0 Å². The van der Waals surface area contributed by atoms with Crippen LogP contribution in [0.3, 0.4) is 0 Å². The van der Waals surface area contributed by atoms with Crippen molar-refractivity contribution in [3.8, 4) is 34.2 Å². The number of imidazole rings is 1. The van der Waals surface area contributed by atoms with Crippen molar-refractivity contribution in [1.82, 2.24) is 34.3 Å². The Balaban J connectivity index is 1.00. The number of rotatable bonds is 6. The predicted octanol–water partition coefficient (Wildman–Crippen LogP) is 5.02. The van der Waals surface area contributed by atoms with E-state index in [-0.39, 0.29) is 47.6 Å². The molecule has 280 valence electrons. The molecule has 1 aliphatic heterocycles. The summed E-state index contributed by atoms with van der Waals surface area (Å²) in [7, 11) is 5.25. The molecule has 1 fully saturated rings. The highest BCUT2D eigenvalue weighted by molar-refractivity contribution is 6.03. The standard InChI is InChI=1S/C43H37N7O6/c1-23(2)28-16-26(17-36-39(28)50(5)43(55)49(36)4)32-21-48(3)42(54)30-18-35(46-20-31(30)32)25-9-11-34(45-19-25)41(53)44-14-6-7-24-8-12-37-29(15-24)33(22-56-37)27-10-13-38(51)47-40(27)52/h8-9,11-12,15-23,27H,10,13-14H2,1-5H3,(H,44,53)(H,47,51,52). The summed E-state index contributed by atoms with van der Waals surface area (Å²) in [5.41, 5.74) is 7.46. The van der Waals surface area contributed by atoms with Crippen molar-refractivity contribution >= 4 is 50.5 Å². The molecular formula is C43H37N7O6. The van der Waals surface area contributed by atoms with Gasteiger partial charge in [0.25, 0.3) is 11.5 Å². The fourth-order valence-electron chi connectivity index (χ4n) is 7.46. The summed E-state index contributed by atoms with van der Waals surface area (Å²) in [5, 5.41) is 7.05. The zero-order valence-corrected chi connectivity index (χ0v) is 31.4. The summed E-state index contributed by atoms with van der Waals surface area (Å²) in [6.45, 7) is 4.25. The highest BCUT2D eigenvalue weighted by Gasteiger charge is 2.30. The van der Waals surface area contributed by atoms with Crippen molar-refractivity contribution in [1.29, 1.82) is 0 Å². The first-order chi connectivity index (χ1) is 26.9. The van der Waals surface area contributed by atoms with E-state index in [1.54, 1.807) is 90.0 Å². The average Bonchev–Trinajstić information content (AvgIpc) is 3.71. The van der Waals surface area contributed by atoms with Gasteiger partial charge in [-0.05, 0) is 72.0 Å². The largest absolute Gasteiger partial charge is 0.464 e. The third-order valence-corrected chi connectivity index (χ3v) is 10.5. The number of furan rings is 1. The van der Waals surface area contributed by atoms with E-state index in [0.29, 0.717) is 45.2 Å². The van der Waals surface area contributed by atoms with E-state index in [1.807, 2.05) is 12.1 Å². The first kappa shape index (κ1) is 35.9. The van der Waals surface area contributed by atoms with E-state index in [4.69, 9.17) is 9.40 Å². The molecular weight excluding hydrogens is 711 g/mol. The monoisotopic (exact) mass is 747 g/mol. The molecule has 6 heterocycles. The topological polar surface area (TPSA) is 163 Å². The third kappa shape index (κ3) is 6.24. The van der Waals surface area contributed by atoms with Gasteiger partial charge < -0.3 is 14.3 Å². The molecule has 13 heteroatoms. The number of hydrogen-bond donors (Lipinski definition) is 2. The van der Waals surface area contributed by atoms with Crippen LogP contribution in [0.15, 0.2) is 87.4 Å². The van der Waals surface area contributed by atoms with Gasteiger partial charge in [-0.3, -0.25) is 43.6 Å². The first-order valence-electron chi connectivity index (χ1n) is 18.2. The molecule has 0 saturated carbocycles. The maximum atomic E-state index is 13.5. The molecule has 0 aliphatic carbocycles. The van der Waals surface area contributed by atoms with Crippen LogP contribution >= 0.6 is 0 Å². The number of amides is 3. The van der Waals surface area contributed by atoms with Gasteiger partial charge in [0.15, 0.2) is 0 Å². The highest BCUT2D eigenvalue weighted by Crippen LogP contribution is 2.35. The summed E-state index contributed by atoms with van der Waals surface area (Å²) in [6.07, 6.45) is 7.26. The van der Waals surface area contributed by atoms with Crippen molar-refractivity contribution in [2.45, 2.75) is 38.5 Å². The molecule has 1 unspecified atom stereocenters. The van der Waals surface area contributed by atoms with Gasteiger partial charge in [-0.25, -0.2) is 4.79 Å². The van der Waals surface area contributed by atoms with E-state index in [1.165, 1.54) is 0 Å². The Labute approximate surface area is 320 Å². The Kier molecular flexibility index (Phi) is 8.96. The molecule has 1 atom stereocenters. The first-order valence-corrected chi connectivity index (χ1v) is 18.2. The van der Waals surface area contributed by atoms with Crippen LogP contribution in [0, 0.1) is 11.8 Å². The van der Waals surface area contributed by atoms with E-state index < -0.39 is 11.8 Å². The van der Waals surface area contributed by atoms with Crippen molar-refractivity contribution in [2.24, 2.45) is 21.1 Å². The molecule has 0 bridgehead atoms. The molecule has 2 aromatic carbocycles. The third-order valence-electron chi connectivity index (χ3n) is 10.5. The quantitative estimate of drug-likeness (QED) is 0.177. The lowest BCUT2D eigenvalue weighted by Gasteiger charge is -2.19. The van der Waals surface area contributed by atoms with Gasteiger partial charge in [-0.1, -0.05) is 25.7 Å². The van der Waals surface area contributed by atoms with E-state index in [0.717, 1.165) is 33.1 Å². The summed E-state index contributed by atoms with van der Waals surface area (Å²) in [4.78, 5) is 72.4. The minimum atomic E-state index is -0.480. The lowest BCUT2D eigenvalue weighted by molar-refractivity contribution is -0.134. The Bertz CT molecular complexity index is 2970. The van der Waals surface area contributed by atoms with Crippen molar-refractivity contribution in [3.05, 3.63) is 117 Å². The second-order valence-electron chi connectivity index (χ2n) is 14.4. The molecule has 1 saturated heterocycles. The highest BCUT2D eigenvalue weighted by atomic mass is 16.3. The van der Waals surface area contributed by atoms with Gasteiger partial charge >= 0.3 is 5.69 Å². The molecule has 0 radical (unpaired) electrons. The van der Waals surface area contributed by atoms with E-state index >= 15 is 0 Å². The van der Waals surface area contributed by atoms with E-state index in [2.05, 4.69) is 47.4 Å². The Morgan fingerprint density at radius 1 is 0.946 bits per heavy atom. The van der Waals surface area contributed by atoms with Crippen molar-refractivity contribution < 1.29 is 18.8 Å². The van der Waals surface area contributed by atoms with Crippen LogP contribution in [-0.4, -0.2) is 47.9 Å². The Morgan fingerprint density at radius 3 is 2.52 bits per heavy atom. The Morgan fingerprint density at radius 2 is 1.77 bits per heavy atom. The summed E-state index contributed by atoms with van der Waals surface area (Å²) < 4.78 is 10.5. The second-order valence-corrected chi connectivity index (χ2v) is 14.4. The number of nitrogens with one attached hydrogen (secondary N) is 2. The number of carbonyl (C=O) groups excluding carboxylic acids is 3. The number of imide groups is 1. The van der Waals surface area contributed by atoms with Crippen molar-refractivity contribution in [2.75, 3.05) is 6.54 Å². The molecule has 3 amide bonds. The number of pyridine rings is 3. The van der Waals surface area contributed by atoms with Gasteiger partial charge in [0.05, 0.1) is 40.8 Å². The zero-order valence-electron chi connectivity index (χ0n) is 31.4. The Hall–Kier alpha value is -7.07. The van der Waals surface area contributed by atoms with Gasteiger partial charge in [-0.15, -0.1) is 0 Å². The lowest BCUT2D eigenvalue weighted by atomic mass is 9.90. The number of benzene rings is 2. The average molecular weight is 748 g/mol. The predicted molar refractivity (Wildman–Crippen MR) is 212 cm³/mol. The number of fused-ring (bicyclic) bond motifs is 3. The van der Waals surface area contributed by atoms with Crippen LogP contribution in [0.25, 0.3) is 55.2 Å².